The molecule has 6 nitrogen and oxygen atoms in total. The molecule has 0 aromatic carbocycles. The van der Waals surface area contributed by atoms with Crippen LogP contribution in [0, 0.1) is 6.92 Å². The predicted octanol–water partition coefficient (Wildman–Crippen LogP) is 2.57. The third-order valence-electron chi connectivity index (χ3n) is 4.39. The molecule has 0 radical (unpaired) electrons. The Morgan fingerprint density at radius 3 is 2.76 bits per heavy atom. The molecule has 3 rings (SSSR count). The first-order valence-corrected chi connectivity index (χ1v) is 8.74. The number of aromatic nitrogens is 2. The molecule has 1 fully saturated rings. The number of carbonyl (C=O) groups is 1. The van der Waals surface area contributed by atoms with E-state index in [1.807, 2.05) is 25.1 Å². The summed E-state index contributed by atoms with van der Waals surface area (Å²) in [6.07, 6.45) is 6.19. The lowest BCUT2D eigenvalue weighted by molar-refractivity contribution is -0.137. The molecule has 0 saturated carbocycles. The molecule has 132 valence electrons. The fourth-order valence-corrected chi connectivity index (χ4v) is 3.17. The van der Waals surface area contributed by atoms with Crippen LogP contribution in [0.5, 0.6) is 0 Å². The first-order chi connectivity index (χ1) is 12.1. The van der Waals surface area contributed by atoms with Gasteiger partial charge in [-0.3, -0.25) is 9.20 Å². The molecule has 25 heavy (non-hydrogen) atoms. The van der Waals surface area contributed by atoms with E-state index in [1.165, 1.54) is 18.6 Å². The Hall–Kier alpha value is -2.63. The second-order valence-electron chi connectivity index (χ2n) is 6.15. The van der Waals surface area contributed by atoms with Gasteiger partial charge in [-0.05, 0) is 51.3 Å². The lowest BCUT2D eigenvalue weighted by atomic mass is 10.1. The molecule has 0 bridgehead atoms. The number of carbonyl (C=O) groups excluding carboxylic acids is 1. The van der Waals surface area contributed by atoms with Gasteiger partial charge in [0.25, 0.3) is 5.56 Å². The van der Waals surface area contributed by atoms with E-state index in [0.717, 1.165) is 31.6 Å². The smallest absolute Gasteiger partial charge is 0.330 e. The zero-order valence-electron chi connectivity index (χ0n) is 14.7. The van der Waals surface area contributed by atoms with E-state index in [2.05, 4.69) is 4.90 Å². The van der Waals surface area contributed by atoms with Crippen LogP contribution in [-0.4, -0.2) is 35.1 Å². The molecule has 0 spiro atoms. The molecule has 6 heteroatoms. The summed E-state index contributed by atoms with van der Waals surface area (Å²) in [5, 5.41) is 0. The fraction of sp³-hybridized carbons (Fsp3) is 0.421. The van der Waals surface area contributed by atoms with E-state index in [0.29, 0.717) is 23.6 Å². The van der Waals surface area contributed by atoms with Gasteiger partial charge in [0.05, 0.1) is 12.2 Å². The number of piperidine rings is 1. The van der Waals surface area contributed by atoms with Crippen molar-refractivity contribution in [2.45, 2.75) is 33.1 Å². The number of ether oxygens (including phenoxy) is 1. The van der Waals surface area contributed by atoms with Gasteiger partial charge in [-0.1, -0.05) is 6.07 Å². The Balaban J connectivity index is 2.15. The molecule has 2 aromatic heterocycles. The van der Waals surface area contributed by atoms with Gasteiger partial charge in [0.1, 0.15) is 11.5 Å². The lowest BCUT2D eigenvalue weighted by Crippen LogP contribution is -2.33. The quantitative estimate of drug-likeness (QED) is 0.632. The topological polar surface area (TPSA) is 63.9 Å². The number of hydrogen-bond donors (Lipinski definition) is 0. The normalized spacial score (nSPS) is 15.0. The highest BCUT2D eigenvalue weighted by Crippen LogP contribution is 2.22. The van der Waals surface area contributed by atoms with Crippen molar-refractivity contribution >= 4 is 23.5 Å². The van der Waals surface area contributed by atoms with Crippen LogP contribution >= 0.6 is 0 Å². The van der Waals surface area contributed by atoms with Gasteiger partial charge in [0, 0.05) is 24.9 Å². The number of hydrogen-bond acceptors (Lipinski definition) is 5. The first kappa shape index (κ1) is 17.2. The maximum absolute atomic E-state index is 13.1. The third kappa shape index (κ3) is 3.57. The summed E-state index contributed by atoms with van der Waals surface area (Å²) in [4.78, 5) is 31.6. The van der Waals surface area contributed by atoms with Gasteiger partial charge in [-0.2, -0.15) is 0 Å². The van der Waals surface area contributed by atoms with Gasteiger partial charge in [0.2, 0.25) is 0 Å². The van der Waals surface area contributed by atoms with Crippen LogP contribution in [0.4, 0.5) is 5.82 Å². The monoisotopic (exact) mass is 341 g/mol. The van der Waals surface area contributed by atoms with Crippen molar-refractivity contribution in [1.29, 1.82) is 0 Å². The summed E-state index contributed by atoms with van der Waals surface area (Å²) in [5.74, 6) is 0.192. The van der Waals surface area contributed by atoms with Crippen LogP contribution in [0.15, 0.2) is 29.1 Å². The summed E-state index contributed by atoms with van der Waals surface area (Å²) < 4.78 is 6.51. The first-order valence-electron chi connectivity index (χ1n) is 8.74. The van der Waals surface area contributed by atoms with Crippen molar-refractivity contribution < 1.29 is 9.53 Å². The van der Waals surface area contributed by atoms with Crippen molar-refractivity contribution in [2.75, 3.05) is 24.6 Å². The van der Waals surface area contributed by atoms with E-state index in [-0.39, 0.29) is 5.56 Å². The van der Waals surface area contributed by atoms with Crippen molar-refractivity contribution in [3.05, 3.63) is 45.9 Å². The van der Waals surface area contributed by atoms with Crippen LogP contribution in [0.2, 0.25) is 0 Å². The summed E-state index contributed by atoms with van der Waals surface area (Å²) in [7, 11) is 0. The molecule has 1 aliphatic rings. The maximum Gasteiger partial charge on any atom is 0.330 e. The summed E-state index contributed by atoms with van der Waals surface area (Å²) >= 11 is 0. The van der Waals surface area contributed by atoms with Gasteiger partial charge in [0.15, 0.2) is 0 Å². The SMILES string of the molecule is CCOC(=O)/C=C/c1c(N2CCCCC2)nc2cccc(C)n2c1=O. The van der Waals surface area contributed by atoms with Gasteiger partial charge in [-0.15, -0.1) is 0 Å². The lowest BCUT2D eigenvalue weighted by Gasteiger charge is -2.29. The number of pyridine rings is 1. The largest absolute Gasteiger partial charge is 0.463 e. The van der Waals surface area contributed by atoms with Crippen LogP contribution in [0.1, 0.15) is 37.4 Å². The number of rotatable bonds is 4. The van der Waals surface area contributed by atoms with E-state index in [4.69, 9.17) is 9.72 Å². The molecule has 0 atom stereocenters. The standard InChI is InChI=1S/C19H23N3O3/c1-3-25-17(23)11-10-15-18(21-12-5-4-6-13-21)20-16-9-7-8-14(2)22(16)19(15)24/h7-11H,3-6,12-13H2,1-2H3/b11-10+. The van der Waals surface area contributed by atoms with E-state index in [1.54, 1.807) is 11.3 Å². The zero-order valence-corrected chi connectivity index (χ0v) is 14.7. The second-order valence-corrected chi connectivity index (χ2v) is 6.15. The third-order valence-corrected chi connectivity index (χ3v) is 4.39. The van der Waals surface area contributed by atoms with Crippen LogP contribution in [0.3, 0.4) is 0 Å². The molecule has 0 unspecified atom stereocenters. The minimum absolute atomic E-state index is 0.163. The highest BCUT2D eigenvalue weighted by atomic mass is 16.5. The van der Waals surface area contributed by atoms with Crippen LogP contribution in [0.25, 0.3) is 11.7 Å². The zero-order chi connectivity index (χ0) is 17.8. The minimum atomic E-state index is -0.457. The van der Waals surface area contributed by atoms with Gasteiger partial charge < -0.3 is 9.64 Å². The molecule has 1 aliphatic heterocycles. The molecule has 1 saturated heterocycles. The number of esters is 1. The minimum Gasteiger partial charge on any atom is -0.463 e. The van der Waals surface area contributed by atoms with E-state index < -0.39 is 5.97 Å². The molecule has 0 amide bonds. The van der Waals surface area contributed by atoms with Crippen LogP contribution in [-0.2, 0) is 9.53 Å². The molecule has 3 heterocycles. The van der Waals surface area contributed by atoms with E-state index in [9.17, 15) is 9.59 Å². The summed E-state index contributed by atoms with van der Waals surface area (Å²) in [6.45, 7) is 5.66. The Labute approximate surface area is 146 Å². The van der Waals surface area contributed by atoms with Crippen molar-refractivity contribution in [3.63, 3.8) is 0 Å². The highest BCUT2D eigenvalue weighted by molar-refractivity contribution is 5.88. The van der Waals surface area contributed by atoms with Crippen LogP contribution < -0.4 is 10.5 Å². The van der Waals surface area contributed by atoms with Gasteiger partial charge in [-0.25, -0.2) is 9.78 Å². The highest BCUT2D eigenvalue weighted by Gasteiger charge is 2.19. The number of aryl methyl sites for hydroxylation is 1. The summed E-state index contributed by atoms with van der Waals surface area (Å²) in [5.41, 5.74) is 1.70. The Bertz CT molecular complexity index is 864. The predicted molar refractivity (Wildman–Crippen MR) is 97.9 cm³/mol. The van der Waals surface area contributed by atoms with Gasteiger partial charge >= 0.3 is 5.97 Å². The van der Waals surface area contributed by atoms with Crippen molar-refractivity contribution in [3.8, 4) is 0 Å². The summed E-state index contributed by atoms with van der Waals surface area (Å²) in [6, 6.07) is 5.60. The average Bonchev–Trinajstić information content (AvgIpc) is 2.61. The molecular formula is C19H23N3O3. The average molecular weight is 341 g/mol. The Kier molecular flexibility index (Phi) is 5.16. The molecule has 0 N–H and O–H groups in total. The number of fused-ring (bicyclic) bond motifs is 1. The number of anilines is 1. The van der Waals surface area contributed by atoms with Crippen molar-refractivity contribution in [2.24, 2.45) is 0 Å². The van der Waals surface area contributed by atoms with E-state index >= 15 is 0 Å². The molecule has 2 aromatic rings. The second kappa shape index (κ2) is 7.51. The fourth-order valence-electron chi connectivity index (χ4n) is 3.17. The Morgan fingerprint density at radius 1 is 1.28 bits per heavy atom. The maximum atomic E-state index is 13.1. The molecular weight excluding hydrogens is 318 g/mol. The number of nitrogens with zero attached hydrogens (tertiary/aromatic N) is 3. The Morgan fingerprint density at radius 2 is 2.04 bits per heavy atom. The molecule has 0 aliphatic carbocycles. The van der Waals surface area contributed by atoms with Crippen molar-refractivity contribution in [1.82, 2.24) is 9.38 Å².